The third-order valence-electron chi connectivity index (χ3n) is 3.19. The van der Waals surface area contributed by atoms with Crippen LogP contribution in [0.5, 0.6) is 0 Å². The highest BCUT2D eigenvalue weighted by Crippen LogP contribution is 2.31. The fourth-order valence-corrected chi connectivity index (χ4v) is 2.17. The summed E-state index contributed by atoms with van der Waals surface area (Å²) < 4.78 is 41.0. The zero-order valence-electron chi connectivity index (χ0n) is 12.1. The van der Waals surface area contributed by atoms with Crippen molar-refractivity contribution in [3.05, 3.63) is 51.3 Å². The average Bonchev–Trinajstić information content (AvgIpc) is 2.49. The van der Waals surface area contributed by atoms with Crippen LogP contribution in [0, 0.1) is 17.6 Å². The van der Waals surface area contributed by atoms with Gasteiger partial charge in [-0.1, -0.05) is 12.8 Å². The first kappa shape index (κ1) is 16.5. The number of terminal acetylenes is 1. The summed E-state index contributed by atoms with van der Waals surface area (Å²) in [4.78, 5) is 16.0. The molecule has 0 aliphatic heterocycles. The van der Waals surface area contributed by atoms with Crippen molar-refractivity contribution in [1.82, 2.24) is 9.55 Å². The summed E-state index contributed by atoms with van der Waals surface area (Å²) >= 11 is 0. The van der Waals surface area contributed by atoms with Crippen LogP contribution in [0.15, 0.2) is 29.3 Å². The summed E-state index contributed by atoms with van der Waals surface area (Å²) in [5, 5.41) is 11.1. The maximum atomic E-state index is 13.2. The van der Waals surface area contributed by atoms with Gasteiger partial charge in [-0.15, -0.1) is 6.42 Å². The predicted octanol–water partition coefficient (Wildman–Crippen LogP) is 1.76. The van der Waals surface area contributed by atoms with Crippen LogP contribution >= 0.6 is 0 Å². The minimum absolute atomic E-state index is 0.124. The van der Waals surface area contributed by atoms with Gasteiger partial charge in [-0.2, -0.15) is 17.9 Å². The Balaban J connectivity index is 2.84. The quantitative estimate of drug-likeness (QED) is 0.491. The normalized spacial score (nSPS) is 11.3. The van der Waals surface area contributed by atoms with E-state index in [0.29, 0.717) is 4.73 Å². The molecule has 0 N–H and O–H groups in total. The Morgan fingerprint density at radius 2 is 2.00 bits per heavy atom. The van der Waals surface area contributed by atoms with E-state index in [1.165, 1.54) is 19.1 Å². The van der Waals surface area contributed by atoms with Gasteiger partial charge < -0.3 is 5.21 Å². The van der Waals surface area contributed by atoms with E-state index in [1.54, 1.807) is 0 Å². The Morgan fingerprint density at radius 3 is 2.48 bits per heavy atom. The van der Waals surface area contributed by atoms with Gasteiger partial charge in [0.2, 0.25) is 0 Å². The number of pyridine rings is 1. The molecular formula is C15H12F3N3O2. The molecule has 0 aliphatic carbocycles. The van der Waals surface area contributed by atoms with E-state index in [9.17, 15) is 23.2 Å². The predicted molar refractivity (Wildman–Crippen MR) is 76.1 cm³/mol. The molecule has 2 heterocycles. The summed E-state index contributed by atoms with van der Waals surface area (Å²) in [5.74, 6) is 2.01. The van der Waals surface area contributed by atoms with Crippen molar-refractivity contribution in [2.75, 3.05) is 0 Å². The summed E-state index contributed by atoms with van der Waals surface area (Å²) in [7, 11) is 0. The number of rotatable bonds is 3. The van der Waals surface area contributed by atoms with Crippen molar-refractivity contribution in [3.8, 4) is 23.7 Å². The third-order valence-corrected chi connectivity index (χ3v) is 3.19. The molecule has 0 aromatic carbocycles. The molecule has 0 aliphatic rings. The minimum Gasteiger partial charge on any atom is -0.619 e. The zero-order valence-corrected chi connectivity index (χ0v) is 12.1. The first-order valence-corrected chi connectivity index (χ1v) is 6.63. The molecule has 2 rings (SSSR count). The lowest BCUT2D eigenvalue weighted by atomic mass is 10.1. The maximum Gasteiger partial charge on any atom is 0.433 e. The average molecular weight is 323 g/mol. The summed E-state index contributed by atoms with van der Waals surface area (Å²) in [6, 6.07) is 2.54. The Hall–Kier alpha value is -2.82. The van der Waals surface area contributed by atoms with Gasteiger partial charge in [-0.3, -0.25) is 9.36 Å². The first-order valence-electron chi connectivity index (χ1n) is 6.63. The highest BCUT2D eigenvalue weighted by molar-refractivity contribution is 5.55. The molecule has 8 heteroatoms. The van der Waals surface area contributed by atoms with Crippen LogP contribution in [-0.4, -0.2) is 9.55 Å². The topological polar surface area (TPSA) is 61.8 Å². The molecule has 0 amide bonds. The van der Waals surface area contributed by atoms with Crippen molar-refractivity contribution in [2.24, 2.45) is 0 Å². The number of halogens is 3. The molecule has 0 unspecified atom stereocenters. The molecule has 23 heavy (non-hydrogen) atoms. The second kappa shape index (κ2) is 6.12. The molecule has 2 aromatic heterocycles. The van der Waals surface area contributed by atoms with E-state index in [4.69, 9.17) is 6.42 Å². The Labute approximate surface area is 129 Å². The van der Waals surface area contributed by atoms with Gasteiger partial charge in [0.1, 0.15) is 5.82 Å². The Morgan fingerprint density at radius 1 is 1.39 bits per heavy atom. The van der Waals surface area contributed by atoms with Crippen LogP contribution in [0.25, 0.3) is 11.4 Å². The number of aromatic nitrogens is 3. The molecule has 5 nitrogen and oxygen atoms in total. The van der Waals surface area contributed by atoms with Crippen molar-refractivity contribution in [3.63, 3.8) is 0 Å². The van der Waals surface area contributed by atoms with Crippen molar-refractivity contribution in [2.45, 2.75) is 26.1 Å². The largest absolute Gasteiger partial charge is 0.619 e. The van der Waals surface area contributed by atoms with E-state index in [1.807, 2.05) is 0 Å². The van der Waals surface area contributed by atoms with E-state index >= 15 is 0 Å². The third kappa shape index (κ3) is 3.18. The molecule has 0 bridgehead atoms. The molecule has 120 valence electrons. The molecular weight excluding hydrogens is 311 g/mol. The second-order valence-electron chi connectivity index (χ2n) is 4.66. The Bertz CT molecular complexity index is 818. The van der Waals surface area contributed by atoms with Gasteiger partial charge in [0.15, 0.2) is 18.1 Å². The molecule has 0 spiro atoms. The fraction of sp³-hybridized carbons (Fsp3) is 0.267. The van der Waals surface area contributed by atoms with Gasteiger partial charge >= 0.3 is 6.18 Å². The number of alkyl halides is 3. The van der Waals surface area contributed by atoms with Gasteiger partial charge in [-0.05, 0) is 6.42 Å². The second-order valence-corrected chi connectivity index (χ2v) is 4.66. The molecule has 0 saturated carbocycles. The van der Waals surface area contributed by atoms with Crippen LogP contribution in [0.1, 0.15) is 18.2 Å². The first-order chi connectivity index (χ1) is 10.8. The molecule has 0 radical (unpaired) electrons. The van der Waals surface area contributed by atoms with E-state index < -0.39 is 23.0 Å². The summed E-state index contributed by atoms with van der Waals surface area (Å²) in [6.45, 7) is 1.22. The lowest BCUT2D eigenvalue weighted by Gasteiger charge is -2.16. The maximum absolute atomic E-state index is 13.2. The number of hydrogen-bond acceptors (Lipinski definition) is 3. The smallest absolute Gasteiger partial charge is 0.433 e. The highest BCUT2D eigenvalue weighted by Gasteiger charge is 2.37. The van der Waals surface area contributed by atoms with Crippen LogP contribution in [0.3, 0.4) is 0 Å². The summed E-state index contributed by atoms with van der Waals surface area (Å²) in [6.07, 6.45) is 2.52. The van der Waals surface area contributed by atoms with Gasteiger partial charge in [0.25, 0.3) is 5.56 Å². The van der Waals surface area contributed by atoms with Gasteiger partial charge in [0.05, 0.1) is 6.54 Å². The van der Waals surface area contributed by atoms with Crippen molar-refractivity contribution < 1.29 is 17.9 Å². The van der Waals surface area contributed by atoms with Crippen LogP contribution < -0.4 is 10.3 Å². The SMILES string of the molecule is C#CCn1c(-c2cc[n+]([O-])cc2)nc(C(F)(F)F)c(CC)c1=O. The zero-order chi connectivity index (χ0) is 17.2. The standard InChI is InChI=1S/C15H12F3N3O2/c1-3-7-21-13(10-5-8-20(23)9-6-10)19-12(15(16,17)18)11(4-2)14(21)22/h1,5-6,8-9H,4,7H2,2H3. The highest BCUT2D eigenvalue weighted by atomic mass is 19.4. The summed E-state index contributed by atoms with van der Waals surface area (Å²) in [5.41, 5.74) is -2.31. The van der Waals surface area contributed by atoms with Gasteiger partial charge in [0, 0.05) is 23.3 Å². The fourth-order valence-electron chi connectivity index (χ4n) is 2.17. The number of hydrogen-bond donors (Lipinski definition) is 0. The Kier molecular flexibility index (Phi) is 4.40. The van der Waals surface area contributed by atoms with Crippen molar-refractivity contribution >= 4 is 0 Å². The molecule has 0 fully saturated rings. The van der Waals surface area contributed by atoms with Crippen LogP contribution in [0.2, 0.25) is 0 Å². The minimum atomic E-state index is -4.76. The molecule has 2 aromatic rings. The van der Waals surface area contributed by atoms with Crippen LogP contribution in [0.4, 0.5) is 13.2 Å². The number of nitrogens with zero attached hydrogens (tertiary/aromatic N) is 3. The van der Waals surface area contributed by atoms with Crippen molar-refractivity contribution in [1.29, 1.82) is 0 Å². The van der Waals surface area contributed by atoms with Crippen LogP contribution in [-0.2, 0) is 19.1 Å². The lowest BCUT2D eigenvalue weighted by Crippen LogP contribution is -2.31. The van der Waals surface area contributed by atoms with E-state index in [-0.39, 0.29) is 24.4 Å². The lowest BCUT2D eigenvalue weighted by molar-refractivity contribution is -0.605. The monoisotopic (exact) mass is 323 g/mol. The molecule has 0 atom stereocenters. The van der Waals surface area contributed by atoms with Gasteiger partial charge in [-0.25, -0.2) is 4.98 Å². The molecule has 0 saturated heterocycles. The van der Waals surface area contributed by atoms with E-state index in [0.717, 1.165) is 17.0 Å². The van der Waals surface area contributed by atoms with E-state index in [2.05, 4.69) is 10.9 Å².